The highest BCUT2D eigenvalue weighted by molar-refractivity contribution is 5.92. The molecule has 2 heterocycles. The van der Waals surface area contributed by atoms with E-state index < -0.39 is 5.91 Å². The molecule has 0 unspecified atom stereocenters. The number of hydrazone groups is 1. The van der Waals surface area contributed by atoms with Gasteiger partial charge in [0.15, 0.2) is 5.69 Å². The zero-order valence-electron chi connectivity index (χ0n) is 12.0. The topological polar surface area (TPSA) is 137 Å². The van der Waals surface area contributed by atoms with Crippen molar-refractivity contribution in [2.24, 2.45) is 5.10 Å². The highest BCUT2D eigenvalue weighted by Gasteiger charge is 2.15. The minimum Gasteiger partial charge on any atom is -0.378 e. The van der Waals surface area contributed by atoms with Gasteiger partial charge in [0.2, 0.25) is 11.6 Å². The molecule has 1 amide bonds. The van der Waals surface area contributed by atoms with Crippen LogP contribution in [0, 0.1) is 6.92 Å². The van der Waals surface area contributed by atoms with Gasteiger partial charge in [-0.15, -0.1) is 5.10 Å². The number of nitrogen functional groups attached to an aromatic ring is 1. The molecule has 0 spiro atoms. The summed E-state index contributed by atoms with van der Waals surface area (Å²) in [7, 11) is 0. The predicted molar refractivity (Wildman–Crippen MR) is 79.9 cm³/mol. The number of aryl methyl sites for hydroxylation is 1. The summed E-state index contributed by atoms with van der Waals surface area (Å²) < 4.78 is 5.64. The van der Waals surface area contributed by atoms with Crippen LogP contribution >= 0.6 is 0 Å². The number of nitrogens with one attached hydrogen (secondary N) is 1. The number of carbonyl (C=O) groups excluding carboxylic acids is 1. The lowest BCUT2D eigenvalue weighted by Gasteiger charge is -1.96. The summed E-state index contributed by atoms with van der Waals surface area (Å²) in [5.41, 5.74) is 9.92. The van der Waals surface area contributed by atoms with E-state index in [0.717, 1.165) is 11.1 Å². The van der Waals surface area contributed by atoms with Crippen molar-refractivity contribution in [1.29, 1.82) is 0 Å². The fraction of sp³-hybridized carbons (Fsp3) is 0.0769. The van der Waals surface area contributed by atoms with Gasteiger partial charge in [0, 0.05) is 0 Å². The smallest absolute Gasteiger partial charge is 0.293 e. The van der Waals surface area contributed by atoms with Crippen LogP contribution in [0.5, 0.6) is 0 Å². The first kappa shape index (κ1) is 14.4. The number of hydrogen-bond donors (Lipinski definition) is 2. The second kappa shape index (κ2) is 6.05. The Morgan fingerprint density at radius 1 is 1.43 bits per heavy atom. The van der Waals surface area contributed by atoms with Crippen molar-refractivity contribution >= 4 is 17.9 Å². The number of rotatable bonds is 4. The van der Waals surface area contributed by atoms with Crippen molar-refractivity contribution in [2.45, 2.75) is 6.92 Å². The summed E-state index contributed by atoms with van der Waals surface area (Å²) >= 11 is 0. The Morgan fingerprint density at radius 2 is 2.30 bits per heavy atom. The van der Waals surface area contributed by atoms with Crippen LogP contribution in [-0.4, -0.2) is 37.4 Å². The molecule has 23 heavy (non-hydrogen) atoms. The molecule has 0 atom stereocenters. The van der Waals surface area contributed by atoms with Gasteiger partial charge in [-0.2, -0.15) is 9.78 Å². The Morgan fingerprint density at radius 3 is 3.04 bits per heavy atom. The number of nitrogens with two attached hydrogens (primary N) is 1. The third-order valence-electron chi connectivity index (χ3n) is 2.86. The predicted octanol–water partition coefficient (Wildman–Crippen LogP) is 0.305. The maximum absolute atomic E-state index is 11.9. The van der Waals surface area contributed by atoms with Gasteiger partial charge >= 0.3 is 0 Å². The molecule has 0 saturated carbocycles. The molecular formula is C13H12N8O2. The van der Waals surface area contributed by atoms with E-state index in [1.165, 1.54) is 17.1 Å². The summed E-state index contributed by atoms with van der Waals surface area (Å²) in [4.78, 5) is 11.9. The highest BCUT2D eigenvalue weighted by atomic mass is 16.6. The molecule has 1 aromatic carbocycles. The fourth-order valence-electron chi connectivity index (χ4n) is 1.79. The van der Waals surface area contributed by atoms with Crippen molar-refractivity contribution < 1.29 is 9.42 Å². The quantitative estimate of drug-likeness (QED) is 0.522. The van der Waals surface area contributed by atoms with Gasteiger partial charge in [-0.3, -0.25) is 4.79 Å². The second-order valence-electron chi connectivity index (χ2n) is 4.63. The van der Waals surface area contributed by atoms with Gasteiger partial charge in [0.05, 0.1) is 12.4 Å². The molecule has 3 N–H and O–H groups in total. The molecule has 3 aromatic rings. The average Bonchev–Trinajstić information content (AvgIpc) is 3.15. The molecule has 2 aromatic heterocycles. The van der Waals surface area contributed by atoms with Crippen LogP contribution in [0.15, 0.2) is 40.2 Å². The molecule has 0 aliphatic carbocycles. The molecule has 0 fully saturated rings. The van der Waals surface area contributed by atoms with Gasteiger partial charge in [-0.05, 0) is 22.8 Å². The molecule has 10 heteroatoms. The first-order valence-electron chi connectivity index (χ1n) is 6.54. The average molecular weight is 312 g/mol. The lowest BCUT2D eigenvalue weighted by molar-refractivity contribution is 0.0950. The zero-order valence-corrected chi connectivity index (χ0v) is 12.0. The van der Waals surface area contributed by atoms with E-state index in [2.05, 4.69) is 35.8 Å². The molecule has 0 radical (unpaired) electrons. The number of carbonyl (C=O) groups is 1. The van der Waals surface area contributed by atoms with Crippen molar-refractivity contribution in [3.05, 3.63) is 47.3 Å². The fourth-order valence-corrected chi connectivity index (χ4v) is 1.79. The van der Waals surface area contributed by atoms with Crippen LogP contribution in [0.25, 0.3) is 5.82 Å². The van der Waals surface area contributed by atoms with Crippen LogP contribution < -0.4 is 11.2 Å². The Labute approximate surface area is 129 Å². The summed E-state index contributed by atoms with van der Waals surface area (Å²) in [5.74, 6) is -0.325. The van der Waals surface area contributed by atoms with Crippen molar-refractivity contribution in [2.75, 3.05) is 5.73 Å². The van der Waals surface area contributed by atoms with E-state index in [0.29, 0.717) is 0 Å². The minimum atomic E-state index is -0.518. The number of aromatic nitrogens is 5. The first-order valence-corrected chi connectivity index (χ1v) is 6.54. The van der Waals surface area contributed by atoms with E-state index in [9.17, 15) is 4.79 Å². The largest absolute Gasteiger partial charge is 0.378 e. The number of nitrogens with zero attached hydrogens (tertiary/aromatic N) is 6. The van der Waals surface area contributed by atoms with E-state index >= 15 is 0 Å². The third kappa shape index (κ3) is 3.20. The lowest BCUT2D eigenvalue weighted by atomic mass is 10.2. The van der Waals surface area contributed by atoms with Gasteiger partial charge in [-0.1, -0.05) is 35.0 Å². The first-order chi connectivity index (χ1) is 11.1. The molecule has 0 aliphatic rings. The van der Waals surface area contributed by atoms with Crippen LogP contribution in [0.4, 0.5) is 5.82 Å². The van der Waals surface area contributed by atoms with E-state index in [-0.39, 0.29) is 17.3 Å². The minimum absolute atomic E-state index is 0.0410. The molecule has 116 valence electrons. The standard InChI is InChI=1S/C13H12N8O2/c1-8-3-2-4-9(5-8)6-15-17-13(22)10-7-21(20-16-10)12-11(14)18-23-19-12/h2-7H,1H3,(H2,14,18)(H,17,22)/b15-6+. The summed E-state index contributed by atoms with van der Waals surface area (Å²) in [6.07, 6.45) is 2.88. The van der Waals surface area contributed by atoms with Crippen LogP contribution in [0.2, 0.25) is 0 Å². The summed E-state index contributed by atoms with van der Waals surface area (Å²) in [5, 5.41) is 18.3. The molecule has 0 saturated heterocycles. The van der Waals surface area contributed by atoms with E-state index in [1.54, 1.807) is 0 Å². The maximum Gasteiger partial charge on any atom is 0.293 e. The Bertz CT molecular complexity index is 866. The molecule has 3 rings (SSSR count). The molecule has 10 nitrogen and oxygen atoms in total. The SMILES string of the molecule is Cc1cccc(/C=N/NC(=O)c2cn(-c3nonc3N)nn2)c1. The van der Waals surface area contributed by atoms with Gasteiger partial charge in [0.1, 0.15) is 0 Å². The second-order valence-corrected chi connectivity index (χ2v) is 4.63. The van der Waals surface area contributed by atoms with Crippen LogP contribution in [-0.2, 0) is 0 Å². The Kier molecular flexibility index (Phi) is 3.78. The summed E-state index contributed by atoms with van der Waals surface area (Å²) in [6, 6.07) is 7.69. The normalized spacial score (nSPS) is 11.0. The summed E-state index contributed by atoms with van der Waals surface area (Å²) in [6.45, 7) is 1.97. The Hall–Kier alpha value is -3.56. The highest BCUT2D eigenvalue weighted by Crippen LogP contribution is 2.09. The monoisotopic (exact) mass is 312 g/mol. The molecule has 0 bridgehead atoms. The number of amides is 1. The number of benzene rings is 1. The maximum atomic E-state index is 11.9. The lowest BCUT2D eigenvalue weighted by Crippen LogP contribution is -2.18. The van der Waals surface area contributed by atoms with E-state index in [1.807, 2.05) is 31.2 Å². The number of anilines is 1. The van der Waals surface area contributed by atoms with E-state index in [4.69, 9.17) is 5.73 Å². The van der Waals surface area contributed by atoms with Gasteiger partial charge < -0.3 is 5.73 Å². The Balaban J connectivity index is 1.67. The zero-order chi connectivity index (χ0) is 16.2. The van der Waals surface area contributed by atoms with Gasteiger partial charge in [0.25, 0.3) is 5.91 Å². The van der Waals surface area contributed by atoms with Crippen LogP contribution in [0.1, 0.15) is 21.6 Å². The molecule has 0 aliphatic heterocycles. The number of hydrogen-bond acceptors (Lipinski definition) is 8. The van der Waals surface area contributed by atoms with Crippen LogP contribution in [0.3, 0.4) is 0 Å². The molecular weight excluding hydrogens is 300 g/mol. The third-order valence-corrected chi connectivity index (χ3v) is 2.86. The van der Waals surface area contributed by atoms with Crippen molar-refractivity contribution in [3.63, 3.8) is 0 Å². The van der Waals surface area contributed by atoms with Crippen molar-refractivity contribution in [1.82, 2.24) is 30.7 Å². The van der Waals surface area contributed by atoms with Gasteiger partial charge in [-0.25, -0.2) is 10.1 Å². The van der Waals surface area contributed by atoms with Crippen molar-refractivity contribution in [3.8, 4) is 5.82 Å².